The van der Waals surface area contributed by atoms with E-state index >= 15 is 0 Å². The van der Waals surface area contributed by atoms with Crippen LogP contribution >= 0.6 is 0 Å². The molecule has 0 bridgehead atoms. The van der Waals surface area contributed by atoms with Crippen molar-refractivity contribution >= 4 is 15.8 Å². The normalized spacial score (nSPS) is 16.9. The lowest BCUT2D eigenvalue weighted by atomic mass is 9.98. The fourth-order valence-electron chi connectivity index (χ4n) is 2.95. The third-order valence-corrected chi connectivity index (χ3v) is 6.21. The Kier molecular flexibility index (Phi) is 5.84. The van der Waals surface area contributed by atoms with E-state index < -0.39 is 15.5 Å². The summed E-state index contributed by atoms with van der Waals surface area (Å²) in [4.78, 5) is 0. The molecular weight excluding hydrogens is 400 g/mol. The molecule has 6 nitrogen and oxygen atoms in total. The van der Waals surface area contributed by atoms with Crippen LogP contribution in [0, 0.1) is 11.7 Å². The number of sulfonamides is 1. The van der Waals surface area contributed by atoms with Crippen LogP contribution in [0.3, 0.4) is 0 Å². The van der Waals surface area contributed by atoms with Crippen LogP contribution in [0.5, 0.6) is 0 Å². The average Bonchev–Trinajstić information content (AvgIpc) is 2.67. The van der Waals surface area contributed by atoms with E-state index in [4.69, 9.17) is 0 Å². The number of hydrogen-bond donors (Lipinski definition) is 1. The molecule has 152 valence electrons. The number of nitrogens with one attached hydrogen (secondary N) is 1. The number of hydrogen-bond acceptors (Lipinski definition) is 5. The second-order valence-electron chi connectivity index (χ2n) is 6.48. The van der Waals surface area contributed by atoms with Gasteiger partial charge >= 0.3 is 15.5 Å². The summed E-state index contributed by atoms with van der Waals surface area (Å²) in [6.07, 6.45) is 0.646. The largest absolute Gasteiger partial charge is 0.511 e. The van der Waals surface area contributed by atoms with E-state index in [1.54, 1.807) is 24.3 Å². The van der Waals surface area contributed by atoms with Gasteiger partial charge in [0.1, 0.15) is 11.6 Å². The highest BCUT2D eigenvalue weighted by molar-refractivity contribution is 7.90. The van der Waals surface area contributed by atoms with Gasteiger partial charge in [-0.2, -0.15) is 17.5 Å². The number of rotatable bonds is 5. The Morgan fingerprint density at radius 1 is 1.04 bits per heavy atom. The van der Waals surface area contributed by atoms with E-state index in [0.717, 1.165) is 5.56 Å². The van der Waals surface area contributed by atoms with Gasteiger partial charge in [-0.15, -0.1) is 10.2 Å². The quantitative estimate of drug-likeness (QED) is 0.755. The Labute approximate surface area is 159 Å². The molecule has 2 heterocycles. The number of nitrogens with zero attached hydrogens (tertiary/aromatic N) is 3. The fraction of sp³-hybridized carbons (Fsp3) is 0.412. The minimum atomic E-state index is -5.26. The van der Waals surface area contributed by atoms with Gasteiger partial charge in [0.2, 0.25) is 0 Å². The summed E-state index contributed by atoms with van der Waals surface area (Å²) in [7, 11) is -5.26. The zero-order chi connectivity index (χ0) is 20.4. The second kappa shape index (κ2) is 8.00. The molecule has 1 aliphatic heterocycles. The maximum absolute atomic E-state index is 13.0. The molecule has 1 aromatic heterocycles. The third kappa shape index (κ3) is 4.58. The number of anilines is 1. The van der Waals surface area contributed by atoms with E-state index in [2.05, 4.69) is 15.5 Å². The molecular formula is C17H18F4N4O2S. The van der Waals surface area contributed by atoms with Crippen LogP contribution < -0.4 is 5.32 Å². The first-order valence-corrected chi connectivity index (χ1v) is 10.0. The number of alkyl halides is 3. The fourth-order valence-corrected chi connectivity index (χ4v) is 3.93. The van der Waals surface area contributed by atoms with Crippen molar-refractivity contribution in [3.63, 3.8) is 0 Å². The zero-order valence-electron chi connectivity index (χ0n) is 14.7. The highest BCUT2D eigenvalue weighted by Crippen LogP contribution is 2.30. The van der Waals surface area contributed by atoms with Crippen LogP contribution in [-0.4, -0.2) is 48.1 Å². The summed E-state index contributed by atoms with van der Waals surface area (Å²) in [5, 5.41) is 11.2. The van der Waals surface area contributed by atoms with E-state index in [-0.39, 0.29) is 24.8 Å². The summed E-state index contributed by atoms with van der Waals surface area (Å²) >= 11 is 0. The van der Waals surface area contributed by atoms with Gasteiger partial charge in [0.05, 0.1) is 5.69 Å². The van der Waals surface area contributed by atoms with Gasteiger partial charge in [0, 0.05) is 25.2 Å². The lowest BCUT2D eigenvalue weighted by molar-refractivity contribution is -0.0496. The van der Waals surface area contributed by atoms with E-state index in [1.165, 1.54) is 12.1 Å². The van der Waals surface area contributed by atoms with Gasteiger partial charge in [-0.05, 0) is 55.2 Å². The smallest absolute Gasteiger partial charge is 0.368 e. The minimum absolute atomic E-state index is 0.0262. The number of aromatic nitrogens is 2. The van der Waals surface area contributed by atoms with Crippen molar-refractivity contribution in [1.29, 1.82) is 0 Å². The van der Waals surface area contributed by atoms with Crippen molar-refractivity contribution in [2.45, 2.75) is 18.3 Å². The van der Waals surface area contributed by atoms with Crippen LogP contribution in [-0.2, 0) is 10.0 Å². The topological polar surface area (TPSA) is 75.2 Å². The van der Waals surface area contributed by atoms with Gasteiger partial charge < -0.3 is 5.32 Å². The SMILES string of the molecule is O=S(=O)(N1CCC(CNc2ccc(-c3ccc(F)cc3)nn2)CC1)C(F)(F)F. The number of benzene rings is 1. The summed E-state index contributed by atoms with van der Waals surface area (Å²) in [5.74, 6) is 0.179. The monoisotopic (exact) mass is 418 g/mol. The van der Waals surface area contributed by atoms with Crippen molar-refractivity contribution in [2.75, 3.05) is 25.0 Å². The molecule has 0 saturated carbocycles. The average molecular weight is 418 g/mol. The van der Waals surface area contributed by atoms with Crippen molar-refractivity contribution in [2.24, 2.45) is 5.92 Å². The van der Waals surface area contributed by atoms with Crippen LogP contribution in [0.15, 0.2) is 36.4 Å². The molecule has 1 saturated heterocycles. The molecule has 0 unspecified atom stereocenters. The van der Waals surface area contributed by atoms with Crippen LogP contribution in [0.2, 0.25) is 0 Å². The first-order chi connectivity index (χ1) is 13.2. The standard InChI is InChI=1S/C17H18F4N4O2S/c18-14-3-1-13(2-4-14)15-5-6-16(24-23-15)22-11-12-7-9-25(10-8-12)28(26,27)17(19,20)21/h1-6,12H,7-11H2,(H,22,24). The predicted octanol–water partition coefficient (Wildman–Crippen LogP) is 3.26. The molecule has 0 atom stereocenters. The summed E-state index contributed by atoms with van der Waals surface area (Å²) in [6.45, 7) is 0.122. The first kappa shape index (κ1) is 20.5. The molecule has 2 aromatic rings. The molecule has 0 aliphatic carbocycles. The Morgan fingerprint density at radius 3 is 2.21 bits per heavy atom. The molecule has 1 aliphatic rings. The molecule has 0 radical (unpaired) electrons. The molecule has 0 amide bonds. The summed E-state index contributed by atoms with van der Waals surface area (Å²) < 4.78 is 74.0. The molecule has 1 fully saturated rings. The third-order valence-electron chi connectivity index (χ3n) is 4.58. The minimum Gasteiger partial charge on any atom is -0.368 e. The van der Waals surface area contributed by atoms with Gasteiger partial charge in [-0.25, -0.2) is 12.8 Å². The number of halogens is 4. The van der Waals surface area contributed by atoms with Crippen molar-refractivity contribution in [3.8, 4) is 11.3 Å². The van der Waals surface area contributed by atoms with Crippen LogP contribution in [0.25, 0.3) is 11.3 Å². The van der Waals surface area contributed by atoms with E-state index in [1.807, 2.05) is 0 Å². The maximum atomic E-state index is 13.0. The molecule has 1 aromatic carbocycles. The summed E-state index contributed by atoms with van der Waals surface area (Å²) in [6, 6.07) is 9.27. The van der Waals surface area contributed by atoms with Crippen molar-refractivity contribution in [3.05, 3.63) is 42.2 Å². The van der Waals surface area contributed by atoms with Crippen molar-refractivity contribution < 1.29 is 26.0 Å². The Balaban J connectivity index is 1.51. The highest BCUT2D eigenvalue weighted by Gasteiger charge is 2.50. The lowest BCUT2D eigenvalue weighted by Crippen LogP contribution is -2.45. The highest BCUT2D eigenvalue weighted by atomic mass is 32.2. The van der Waals surface area contributed by atoms with E-state index in [9.17, 15) is 26.0 Å². The van der Waals surface area contributed by atoms with Crippen LogP contribution in [0.4, 0.5) is 23.4 Å². The molecule has 11 heteroatoms. The molecule has 0 spiro atoms. The van der Waals surface area contributed by atoms with Gasteiger partial charge in [0.15, 0.2) is 0 Å². The van der Waals surface area contributed by atoms with Gasteiger partial charge in [-0.1, -0.05) is 0 Å². The number of piperidine rings is 1. The molecule has 28 heavy (non-hydrogen) atoms. The summed E-state index contributed by atoms with van der Waals surface area (Å²) in [5.41, 5.74) is -3.96. The Hall–Kier alpha value is -2.27. The van der Waals surface area contributed by atoms with E-state index in [0.29, 0.717) is 35.2 Å². The second-order valence-corrected chi connectivity index (χ2v) is 8.41. The Bertz CT molecular complexity index is 894. The van der Waals surface area contributed by atoms with Gasteiger partial charge in [-0.3, -0.25) is 0 Å². The zero-order valence-corrected chi connectivity index (χ0v) is 15.5. The predicted molar refractivity (Wildman–Crippen MR) is 95.2 cm³/mol. The lowest BCUT2D eigenvalue weighted by Gasteiger charge is -2.31. The van der Waals surface area contributed by atoms with Crippen molar-refractivity contribution in [1.82, 2.24) is 14.5 Å². The van der Waals surface area contributed by atoms with Gasteiger partial charge in [0.25, 0.3) is 0 Å². The first-order valence-electron chi connectivity index (χ1n) is 8.57. The van der Waals surface area contributed by atoms with Crippen LogP contribution in [0.1, 0.15) is 12.8 Å². The maximum Gasteiger partial charge on any atom is 0.511 e. The Morgan fingerprint density at radius 2 is 1.68 bits per heavy atom. The molecule has 1 N–H and O–H groups in total. The molecule has 3 rings (SSSR count).